The summed E-state index contributed by atoms with van der Waals surface area (Å²) >= 11 is 0. The lowest BCUT2D eigenvalue weighted by Gasteiger charge is -2.35. The van der Waals surface area contributed by atoms with Crippen molar-refractivity contribution in [2.45, 2.75) is 72.6 Å². The van der Waals surface area contributed by atoms with Crippen LogP contribution in [0.4, 0.5) is 0 Å². The van der Waals surface area contributed by atoms with Crippen molar-refractivity contribution in [3.8, 4) is 0 Å². The largest absolute Gasteiger partial charge is 0.342 e. The van der Waals surface area contributed by atoms with E-state index in [9.17, 15) is 21.6 Å². The van der Waals surface area contributed by atoms with Gasteiger partial charge in [0, 0.05) is 25.0 Å². The molecule has 1 amide bonds. The van der Waals surface area contributed by atoms with Crippen LogP contribution in [0, 0.1) is 12.8 Å². The molecule has 9 heteroatoms. The number of hydrogen-bond donors (Lipinski definition) is 1. The second-order valence-electron chi connectivity index (χ2n) is 9.30. The van der Waals surface area contributed by atoms with Crippen LogP contribution in [0.5, 0.6) is 0 Å². The predicted molar refractivity (Wildman–Crippen MR) is 130 cm³/mol. The Morgan fingerprint density at radius 3 is 2.15 bits per heavy atom. The maximum absolute atomic E-state index is 13.2. The van der Waals surface area contributed by atoms with E-state index in [1.54, 1.807) is 25.1 Å². The van der Waals surface area contributed by atoms with Crippen molar-refractivity contribution in [3.05, 3.63) is 54.1 Å². The molecule has 2 aromatic rings. The van der Waals surface area contributed by atoms with Gasteiger partial charge < -0.3 is 4.90 Å². The van der Waals surface area contributed by atoms with Gasteiger partial charge in [0.05, 0.1) is 14.7 Å². The Morgan fingerprint density at radius 2 is 1.50 bits per heavy atom. The Morgan fingerprint density at radius 1 is 0.853 bits per heavy atom. The molecule has 184 valence electrons. The zero-order valence-electron chi connectivity index (χ0n) is 19.4. The van der Waals surface area contributed by atoms with E-state index in [0.717, 1.165) is 25.7 Å². The minimum Gasteiger partial charge on any atom is -0.342 e. The molecule has 34 heavy (non-hydrogen) atoms. The Kier molecular flexibility index (Phi) is 7.45. The monoisotopic (exact) mass is 504 g/mol. The van der Waals surface area contributed by atoms with Gasteiger partial charge in [-0.1, -0.05) is 43.5 Å². The molecule has 0 atom stereocenters. The summed E-state index contributed by atoms with van der Waals surface area (Å²) in [7, 11) is -7.77. The average Bonchev–Trinajstić information content (AvgIpc) is 2.85. The number of amides is 1. The van der Waals surface area contributed by atoms with E-state index in [-0.39, 0.29) is 32.6 Å². The van der Waals surface area contributed by atoms with Gasteiger partial charge in [-0.25, -0.2) is 21.6 Å². The van der Waals surface area contributed by atoms with Gasteiger partial charge in [0.15, 0.2) is 0 Å². The molecule has 1 N–H and O–H groups in total. The third-order valence-electron chi connectivity index (χ3n) is 6.90. The summed E-state index contributed by atoms with van der Waals surface area (Å²) in [6.07, 6.45) is 6.38. The number of sulfone groups is 1. The second kappa shape index (κ2) is 10.2. The highest BCUT2D eigenvalue weighted by atomic mass is 32.2. The fourth-order valence-corrected chi connectivity index (χ4v) is 7.84. The molecule has 1 saturated carbocycles. The molecule has 2 aromatic carbocycles. The molecule has 1 aliphatic carbocycles. The van der Waals surface area contributed by atoms with Crippen LogP contribution in [-0.4, -0.2) is 46.8 Å². The highest BCUT2D eigenvalue weighted by Crippen LogP contribution is 2.28. The Labute approximate surface area is 202 Å². The van der Waals surface area contributed by atoms with E-state index in [4.69, 9.17) is 0 Å². The van der Waals surface area contributed by atoms with Crippen LogP contribution in [0.3, 0.4) is 0 Å². The molecular formula is C25H32N2O5S2. The number of nitrogens with one attached hydrogen (secondary N) is 1. The maximum Gasteiger partial charge on any atom is 0.241 e. The number of aryl methyl sites for hydroxylation is 1. The SMILES string of the molecule is Cc1ccc(S(=O)(=O)c2ccccc2)cc1S(=O)(=O)NC1CCN(C(=O)C2CCCCC2)CC1. The first kappa shape index (κ1) is 24.9. The first-order chi connectivity index (χ1) is 16.2. The second-order valence-corrected chi connectivity index (χ2v) is 12.9. The van der Waals surface area contributed by atoms with Crippen LogP contribution < -0.4 is 4.72 Å². The summed E-state index contributed by atoms with van der Waals surface area (Å²) in [5.74, 6) is 0.314. The van der Waals surface area contributed by atoms with Gasteiger partial charge in [-0.15, -0.1) is 0 Å². The zero-order chi connectivity index (χ0) is 24.3. The summed E-state index contributed by atoms with van der Waals surface area (Å²) in [5, 5.41) is 0. The van der Waals surface area contributed by atoms with E-state index in [2.05, 4.69) is 4.72 Å². The Hall–Kier alpha value is -2.23. The van der Waals surface area contributed by atoms with Gasteiger partial charge >= 0.3 is 0 Å². The molecule has 1 heterocycles. The van der Waals surface area contributed by atoms with Crippen LogP contribution in [0.1, 0.15) is 50.5 Å². The minimum absolute atomic E-state index is 0.0368. The summed E-state index contributed by atoms with van der Waals surface area (Å²) in [5.41, 5.74) is 0.476. The molecule has 0 unspecified atom stereocenters. The van der Waals surface area contributed by atoms with E-state index < -0.39 is 19.9 Å². The normalized spacial score (nSPS) is 18.7. The fraction of sp³-hybridized carbons (Fsp3) is 0.480. The number of nitrogens with zero attached hydrogens (tertiary/aromatic N) is 1. The van der Waals surface area contributed by atoms with Crippen LogP contribution in [-0.2, 0) is 24.7 Å². The summed E-state index contributed by atoms with van der Waals surface area (Å²) in [4.78, 5) is 14.7. The van der Waals surface area contributed by atoms with Crippen LogP contribution in [0.2, 0.25) is 0 Å². The molecule has 7 nitrogen and oxygen atoms in total. The molecule has 1 aliphatic heterocycles. The highest BCUT2D eigenvalue weighted by molar-refractivity contribution is 7.91. The van der Waals surface area contributed by atoms with E-state index in [1.165, 1.54) is 36.8 Å². The molecular weight excluding hydrogens is 472 g/mol. The topological polar surface area (TPSA) is 101 Å². The summed E-state index contributed by atoms with van der Waals surface area (Å²) in [6, 6.07) is 11.9. The minimum atomic E-state index is -3.93. The van der Waals surface area contributed by atoms with E-state index >= 15 is 0 Å². The number of hydrogen-bond acceptors (Lipinski definition) is 5. The number of benzene rings is 2. The number of carbonyl (C=O) groups excluding carboxylic acids is 1. The smallest absolute Gasteiger partial charge is 0.241 e. The molecule has 2 aliphatic rings. The fourth-order valence-electron chi connectivity index (χ4n) is 4.88. The molecule has 1 saturated heterocycles. The number of likely N-dealkylation sites (tertiary alicyclic amines) is 1. The van der Waals surface area contributed by atoms with Gasteiger partial charge in [0.1, 0.15) is 0 Å². The third-order valence-corrected chi connectivity index (χ3v) is 10.3. The van der Waals surface area contributed by atoms with Crippen molar-refractivity contribution < 1.29 is 21.6 Å². The average molecular weight is 505 g/mol. The van der Waals surface area contributed by atoms with Gasteiger partial charge in [-0.3, -0.25) is 4.79 Å². The number of carbonyl (C=O) groups is 1. The molecule has 0 aromatic heterocycles. The zero-order valence-corrected chi connectivity index (χ0v) is 21.1. The van der Waals surface area contributed by atoms with Crippen molar-refractivity contribution in [2.75, 3.05) is 13.1 Å². The molecule has 2 fully saturated rings. The van der Waals surface area contributed by atoms with Crippen molar-refractivity contribution >= 4 is 25.8 Å². The number of piperidine rings is 1. The van der Waals surface area contributed by atoms with Gasteiger partial charge in [0.2, 0.25) is 25.8 Å². The standard InChI is InChI=1S/C25H32N2O5S2/c1-19-12-13-23(33(29,30)22-10-6-3-7-11-22)18-24(19)34(31,32)26-21-14-16-27(17-15-21)25(28)20-8-4-2-5-9-20/h3,6-7,10-13,18,20-21,26H,2,4-5,8-9,14-17H2,1H3. The first-order valence-corrected chi connectivity index (χ1v) is 14.9. The third kappa shape index (κ3) is 5.37. The Bertz CT molecular complexity index is 1230. The van der Waals surface area contributed by atoms with Crippen molar-refractivity contribution in [1.82, 2.24) is 9.62 Å². The molecule has 0 bridgehead atoms. The summed E-state index contributed by atoms with van der Waals surface area (Å²) < 4.78 is 55.2. The molecule has 4 rings (SSSR count). The number of sulfonamides is 1. The highest BCUT2D eigenvalue weighted by Gasteiger charge is 2.31. The molecule has 0 radical (unpaired) electrons. The van der Waals surface area contributed by atoms with E-state index in [1.807, 2.05) is 4.90 Å². The predicted octanol–water partition coefficient (Wildman–Crippen LogP) is 3.68. The van der Waals surface area contributed by atoms with Crippen molar-refractivity contribution in [1.29, 1.82) is 0 Å². The van der Waals surface area contributed by atoms with Crippen LogP contribution in [0.25, 0.3) is 0 Å². The van der Waals surface area contributed by atoms with Gasteiger partial charge in [0.25, 0.3) is 0 Å². The van der Waals surface area contributed by atoms with E-state index in [0.29, 0.717) is 31.5 Å². The van der Waals surface area contributed by atoms with Crippen molar-refractivity contribution in [3.63, 3.8) is 0 Å². The lowest BCUT2D eigenvalue weighted by Crippen LogP contribution is -2.48. The maximum atomic E-state index is 13.2. The summed E-state index contributed by atoms with van der Waals surface area (Å²) in [6.45, 7) is 2.72. The lowest BCUT2D eigenvalue weighted by atomic mass is 9.87. The van der Waals surface area contributed by atoms with Crippen LogP contribution >= 0.6 is 0 Å². The Balaban J connectivity index is 1.46. The first-order valence-electron chi connectivity index (χ1n) is 11.9. The molecule has 0 spiro atoms. The number of rotatable bonds is 6. The quantitative estimate of drug-likeness (QED) is 0.647. The van der Waals surface area contributed by atoms with Crippen molar-refractivity contribution in [2.24, 2.45) is 5.92 Å². The lowest BCUT2D eigenvalue weighted by molar-refractivity contribution is -0.137. The van der Waals surface area contributed by atoms with Crippen LogP contribution in [0.15, 0.2) is 63.2 Å². The van der Waals surface area contributed by atoms with Gasteiger partial charge in [-0.2, -0.15) is 0 Å². The van der Waals surface area contributed by atoms with Gasteiger partial charge in [-0.05, 0) is 62.4 Å².